The molecule has 1 unspecified atom stereocenters. The van der Waals surface area contributed by atoms with Gasteiger partial charge in [0.1, 0.15) is 0 Å². The molecule has 2 N–H and O–H groups in total. The van der Waals surface area contributed by atoms with Crippen LogP contribution in [0.4, 0.5) is 4.79 Å². The largest absolute Gasteiger partial charge is 0.481 e. The normalized spacial score (nSPS) is 18.9. The molecule has 17 heavy (non-hydrogen) atoms. The van der Waals surface area contributed by atoms with Gasteiger partial charge in [-0.2, -0.15) is 0 Å². The number of carboxylic acid groups (broad SMARTS) is 1. The number of likely N-dealkylation sites (tertiary alicyclic amines) is 1. The molecule has 6 heteroatoms. The van der Waals surface area contributed by atoms with Crippen molar-refractivity contribution >= 4 is 12.0 Å². The molecule has 1 rings (SSSR count). The summed E-state index contributed by atoms with van der Waals surface area (Å²) in [5.74, 6) is -1.47. The van der Waals surface area contributed by atoms with Gasteiger partial charge in [-0.25, -0.2) is 4.79 Å². The first-order chi connectivity index (χ1) is 7.91. The molecular formula is C11H20N2O4. The predicted molar refractivity (Wildman–Crippen MR) is 61.6 cm³/mol. The highest BCUT2D eigenvalue weighted by Crippen LogP contribution is 2.12. The molecule has 0 aromatic rings. The van der Waals surface area contributed by atoms with Gasteiger partial charge >= 0.3 is 12.0 Å². The number of urea groups is 1. The van der Waals surface area contributed by atoms with Gasteiger partial charge in [-0.3, -0.25) is 4.79 Å². The number of aliphatic hydroxyl groups is 1. The summed E-state index contributed by atoms with van der Waals surface area (Å²) in [6.45, 7) is 2.84. The van der Waals surface area contributed by atoms with E-state index in [1.807, 2.05) is 0 Å². The summed E-state index contributed by atoms with van der Waals surface area (Å²) < 4.78 is 0. The van der Waals surface area contributed by atoms with Crippen LogP contribution in [0.25, 0.3) is 0 Å². The van der Waals surface area contributed by atoms with E-state index in [0.29, 0.717) is 25.9 Å². The Morgan fingerprint density at radius 2 is 1.94 bits per heavy atom. The summed E-state index contributed by atoms with van der Waals surface area (Å²) in [6, 6.07) is -0.162. The molecule has 1 heterocycles. The molecule has 98 valence electrons. The molecule has 2 amide bonds. The minimum atomic E-state index is -0.904. The van der Waals surface area contributed by atoms with Crippen LogP contribution in [0, 0.1) is 5.92 Å². The van der Waals surface area contributed by atoms with Gasteiger partial charge in [-0.15, -0.1) is 0 Å². The van der Waals surface area contributed by atoms with E-state index in [2.05, 4.69) is 0 Å². The number of amides is 2. The Labute approximate surface area is 101 Å². The monoisotopic (exact) mass is 244 g/mol. The number of carbonyl (C=O) groups excluding carboxylic acids is 1. The Bertz CT molecular complexity index is 287. The van der Waals surface area contributed by atoms with E-state index in [1.165, 1.54) is 4.90 Å². The molecule has 1 fully saturated rings. The van der Waals surface area contributed by atoms with Gasteiger partial charge in [-0.1, -0.05) is 6.92 Å². The molecule has 1 saturated heterocycles. The number of aliphatic carboxylic acids is 1. The molecule has 1 aliphatic heterocycles. The fraction of sp³-hybridized carbons (Fsp3) is 0.818. The first kappa shape index (κ1) is 13.8. The van der Waals surface area contributed by atoms with Crippen molar-refractivity contribution < 1.29 is 19.8 Å². The lowest BCUT2D eigenvalue weighted by Crippen LogP contribution is -2.47. The van der Waals surface area contributed by atoms with Crippen molar-refractivity contribution in [3.05, 3.63) is 0 Å². The summed E-state index contributed by atoms with van der Waals surface area (Å²) >= 11 is 0. The van der Waals surface area contributed by atoms with Crippen LogP contribution in [0.5, 0.6) is 0 Å². The minimum absolute atomic E-state index is 0.162. The first-order valence-electron chi connectivity index (χ1n) is 5.82. The minimum Gasteiger partial charge on any atom is -0.481 e. The fourth-order valence-corrected chi connectivity index (χ4v) is 1.87. The molecule has 0 radical (unpaired) electrons. The fourth-order valence-electron chi connectivity index (χ4n) is 1.87. The van der Waals surface area contributed by atoms with Crippen LogP contribution in [0.1, 0.15) is 19.8 Å². The molecule has 6 nitrogen and oxygen atoms in total. The number of rotatable bonds is 3. The maximum absolute atomic E-state index is 11.9. The van der Waals surface area contributed by atoms with Gasteiger partial charge in [-0.05, 0) is 12.8 Å². The molecule has 1 atom stereocenters. The van der Waals surface area contributed by atoms with E-state index in [4.69, 9.17) is 5.11 Å². The first-order valence-corrected chi connectivity index (χ1v) is 5.82. The molecular weight excluding hydrogens is 224 g/mol. The maximum atomic E-state index is 11.9. The molecule has 0 aromatic carbocycles. The van der Waals surface area contributed by atoms with Crippen LogP contribution in [-0.2, 0) is 4.79 Å². The third kappa shape index (κ3) is 3.89. The lowest BCUT2D eigenvalue weighted by atomic mass is 10.1. The van der Waals surface area contributed by atoms with E-state index < -0.39 is 11.9 Å². The van der Waals surface area contributed by atoms with Gasteiger partial charge in [0.15, 0.2) is 0 Å². The van der Waals surface area contributed by atoms with Crippen molar-refractivity contribution in [3.63, 3.8) is 0 Å². The Morgan fingerprint density at radius 3 is 2.41 bits per heavy atom. The Morgan fingerprint density at radius 1 is 1.41 bits per heavy atom. The van der Waals surface area contributed by atoms with Gasteiger partial charge in [0, 0.05) is 26.7 Å². The van der Waals surface area contributed by atoms with Crippen LogP contribution in [0.2, 0.25) is 0 Å². The van der Waals surface area contributed by atoms with E-state index in [9.17, 15) is 14.7 Å². The van der Waals surface area contributed by atoms with Crippen molar-refractivity contribution in [1.82, 2.24) is 9.80 Å². The molecule has 0 bridgehead atoms. The number of nitrogens with zero attached hydrogens (tertiary/aromatic N) is 2. The second kappa shape index (κ2) is 5.86. The predicted octanol–water partition coefficient (Wildman–Crippen LogP) is 0.216. The van der Waals surface area contributed by atoms with Crippen LogP contribution in [0.3, 0.4) is 0 Å². The SMILES string of the molecule is CC(CN(C)C(=O)N1CCC(O)CC1)C(=O)O. The number of aliphatic hydroxyl groups excluding tert-OH is 1. The summed E-state index contributed by atoms with van der Waals surface area (Å²) in [4.78, 5) is 25.7. The zero-order valence-electron chi connectivity index (χ0n) is 10.3. The second-order valence-corrected chi connectivity index (χ2v) is 4.62. The second-order valence-electron chi connectivity index (χ2n) is 4.62. The molecule has 0 aliphatic carbocycles. The van der Waals surface area contributed by atoms with E-state index in [-0.39, 0.29) is 18.7 Å². The summed E-state index contributed by atoms with van der Waals surface area (Å²) in [6.07, 6.45) is 0.865. The smallest absolute Gasteiger partial charge is 0.319 e. The number of hydrogen-bond acceptors (Lipinski definition) is 3. The summed E-state index contributed by atoms with van der Waals surface area (Å²) in [5, 5.41) is 18.1. The molecule has 0 saturated carbocycles. The quantitative estimate of drug-likeness (QED) is 0.744. The average molecular weight is 244 g/mol. The van der Waals surface area contributed by atoms with E-state index in [1.54, 1.807) is 18.9 Å². The van der Waals surface area contributed by atoms with Gasteiger partial charge in [0.25, 0.3) is 0 Å². The zero-order valence-corrected chi connectivity index (χ0v) is 10.3. The number of carbonyl (C=O) groups is 2. The van der Waals surface area contributed by atoms with Gasteiger partial charge in [0.2, 0.25) is 0 Å². The lowest BCUT2D eigenvalue weighted by molar-refractivity contribution is -0.141. The van der Waals surface area contributed by atoms with Gasteiger partial charge < -0.3 is 20.0 Å². The summed E-state index contributed by atoms with van der Waals surface area (Å²) in [7, 11) is 1.60. The van der Waals surface area contributed by atoms with Crippen molar-refractivity contribution in [2.45, 2.75) is 25.9 Å². The van der Waals surface area contributed by atoms with Crippen LogP contribution in [0.15, 0.2) is 0 Å². The number of piperidine rings is 1. The number of hydrogen-bond donors (Lipinski definition) is 2. The Kier molecular flexibility index (Phi) is 4.74. The topological polar surface area (TPSA) is 81.1 Å². The van der Waals surface area contributed by atoms with Crippen molar-refractivity contribution in [3.8, 4) is 0 Å². The molecule has 0 aromatic heterocycles. The third-order valence-electron chi connectivity index (χ3n) is 3.03. The van der Waals surface area contributed by atoms with Crippen LogP contribution in [-0.4, -0.2) is 64.8 Å². The Balaban J connectivity index is 2.43. The number of carboxylic acids is 1. The summed E-state index contributed by atoms with van der Waals surface area (Å²) in [5.41, 5.74) is 0. The highest BCUT2D eigenvalue weighted by molar-refractivity contribution is 5.76. The third-order valence-corrected chi connectivity index (χ3v) is 3.03. The Hall–Kier alpha value is -1.30. The van der Waals surface area contributed by atoms with E-state index >= 15 is 0 Å². The van der Waals surface area contributed by atoms with Crippen molar-refractivity contribution in [1.29, 1.82) is 0 Å². The lowest BCUT2D eigenvalue weighted by Gasteiger charge is -2.33. The van der Waals surface area contributed by atoms with Gasteiger partial charge in [0.05, 0.1) is 12.0 Å². The van der Waals surface area contributed by atoms with Crippen molar-refractivity contribution in [2.75, 3.05) is 26.7 Å². The highest BCUT2D eigenvalue weighted by atomic mass is 16.4. The molecule has 1 aliphatic rings. The molecule has 0 spiro atoms. The average Bonchev–Trinajstić information content (AvgIpc) is 2.28. The highest BCUT2D eigenvalue weighted by Gasteiger charge is 2.25. The van der Waals surface area contributed by atoms with Crippen molar-refractivity contribution in [2.24, 2.45) is 5.92 Å². The van der Waals surface area contributed by atoms with Crippen LogP contribution < -0.4 is 0 Å². The van der Waals surface area contributed by atoms with Crippen LogP contribution >= 0.6 is 0 Å². The standard InChI is InChI=1S/C11H20N2O4/c1-8(10(15)16)7-12(2)11(17)13-5-3-9(14)4-6-13/h8-9,14H,3-7H2,1-2H3,(H,15,16). The zero-order chi connectivity index (χ0) is 13.0. The van der Waals surface area contributed by atoms with E-state index in [0.717, 1.165) is 0 Å². The maximum Gasteiger partial charge on any atom is 0.319 e.